The molecular formula is C10H6F4O2. The molecule has 86 valence electrons. The van der Waals surface area contributed by atoms with E-state index in [4.69, 9.17) is 5.48 Å². The molecular weight excluding hydrogens is 228 g/mol. The Bertz CT molecular complexity index is 569. The van der Waals surface area contributed by atoms with Crippen molar-refractivity contribution in [3.8, 4) is 5.75 Å². The van der Waals surface area contributed by atoms with Crippen molar-refractivity contribution >= 4 is 5.97 Å². The first kappa shape index (κ1) is 7.43. The molecule has 16 heavy (non-hydrogen) atoms. The van der Waals surface area contributed by atoms with E-state index in [0.717, 1.165) is 0 Å². The Kier molecular flexibility index (Phi) is 2.01. The van der Waals surface area contributed by atoms with Crippen LogP contribution in [0.5, 0.6) is 5.75 Å². The highest BCUT2D eigenvalue weighted by atomic mass is 19.2. The molecule has 0 spiro atoms. The molecule has 6 heteroatoms. The highest BCUT2D eigenvalue weighted by Crippen LogP contribution is 2.26. The first-order valence-corrected chi connectivity index (χ1v) is 3.72. The fourth-order valence-electron chi connectivity index (χ4n) is 0.746. The standard InChI is InChI=1S/C10H6F4O2/c1-4(2)10(15)16-9-7(13)5(11)3-6(12)8(9)14/h3H,1H2,2H3/i2D3,3D. The zero-order chi connectivity index (χ0) is 15.8. The minimum atomic E-state index is -3.00. The summed E-state index contributed by atoms with van der Waals surface area (Å²) >= 11 is 0. The van der Waals surface area contributed by atoms with Gasteiger partial charge in [0.05, 0.1) is 1.37 Å². The van der Waals surface area contributed by atoms with E-state index in [1.165, 1.54) is 0 Å². The van der Waals surface area contributed by atoms with Crippen LogP contribution in [-0.2, 0) is 4.79 Å². The highest BCUT2D eigenvalue weighted by molar-refractivity contribution is 5.88. The van der Waals surface area contributed by atoms with Crippen molar-refractivity contribution in [1.29, 1.82) is 0 Å². The quantitative estimate of drug-likeness (QED) is 0.260. The Labute approximate surface area is 93.8 Å². The minimum Gasteiger partial charge on any atom is -0.417 e. The monoisotopic (exact) mass is 238 g/mol. The van der Waals surface area contributed by atoms with Crippen LogP contribution in [0.3, 0.4) is 0 Å². The van der Waals surface area contributed by atoms with Crippen LogP contribution < -0.4 is 4.74 Å². The van der Waals surface area contributed by atoms with E-state index in [2.05, 4.69) is 11.3 Å². The number of rotatable bonds is 2. The van der Waals surface area contributed by atoms with Gasteiger partial charge in [-0.25, -0.2) is 13.6 Å². The molecule has 0 heterocycles. The van der Waals surface area contributed by atoms with E-state index in [1.54, 1.807) is 0 Å². The van der Waals surface area contributed by atoms with E-state index < -0.39 is 53.5 Å². The van der Waals surface area contributed by atoms with Crippen molar-refractivity contribution in [3.63, 3.8) is 0 Å². The topological polar surface area (TPSA) is 26.3 Å². The van der Waals surface area contributed by atoms with Gasteiger partial charge >= 0.3 is 5.97 Å². The highest BCUT2D eigenvalue weighted by Gasteiger charge is 2.22. The van der Waals surface area contributed by atoms with Gasteiger partial charge in [-0.15, -0.1) is 0 Å². The van der Waals surface area contributed by atoms with E-state index >= 15 is 0 Å². The molecule has 0 aliphatic carbocycles. The van der Waals surface area contributed by atoms with Crippen LogP contribution in [0.15, 0.2) is 18.2 Å². The zero-order valence-electron chi connectivity index (χ0n) is 11.5. The van der Waals surface area contributed by atoms with Crippen molar-refractivity contribution < 1.29 is 32.6 Å². The van der Waals surface area contributed by atoms with Gasteiger partial charge in [-0.05, 0) is 6.85 Å². The minimum absolute atomic E-state index is 1.13. The van der Waals surface area contributed by atoms with Gasteiger partial charge in [-0.2, -0.15) is 8.78 Å². The van der Waals surface area contributed by atoms with Crippen LogP contribution in [0.25, 0.3) is 0 Å². The third-order valence-electron chi connectivity index (χ3n) is 1.44. The maximum absolute atomic E-state index is 13.3. The average Bonchev–Trinajstić information content (AvgIpc) is 2.36. The first-order chi connectivity index (χ1) is 8.98. The summed E-state index contributed by atoms with van der Waals surface area (Å²) in [5.41, 5.74) is -1.13. The van der Waals surface area contributed by atoms with Gasteiger partial charge in [-0.3, -0.25) is 0 Å². The molecule has 0 aromatic heterocycles. The Morgan fingerprint density at radius 2 is 1.88 bits per heavy atom. The maximum atomic E-state index is 13.3. The molecule has 0 amide bonds. The number of carbonyl (C=O) groups excluding carboxylic acids is 1. The lowest BCUT2D eigenvalue weighted by molar-refractivity contribution is -0.130. The number of ether oxygens (including phenoxy) is 1. The summed E-state index contributed by atoms with van der Waals surface area (Å²) in [4.78, 5) is 11.3. The molecule has 1 rings (SSSR count). The number of carbonyl (C=O) groups is 1. The Balaban J connectivity index is 3.24. The fraction of sp³-hybridized carbons (Fsp3) is 0.100. The van der Waals surface area contributed by atoms with E-state index in [0.29, 0.717) is 0 Å². The van der Waals surface area contributed by atoms with Crippen LogP contribution in [0.1, 0.15) is 12.3 Å². The predicted molar refractivity (Wildman–Crippen MR) is 46.7 cm³/mol. The molecule has 0 saturated carbocycles. The van der Waals surface area contributed by atoms with Crippen LogP contribution in [-0.4, -0.2) is 5.97 Å². The van der Waals surface area contributed by atoms with Crippen molar-refractivity contribution in [2.45, 2.75) is 6.85 Å². The molecule has 0 radical (unpaired) electrons. The van der Waals surface area contributed by atoms with Crippen molar-refractivity contribution in [3.05, 3.63) is 41.5 Å². The SMILES string of the molecule is [2H]c1c(F)c(F)c(OC(=O)C(=C)C([2H])([2H])[2H])c(F)c1F. The second-order valence-electron chi connectivity index (χ2n) is 2.58. The van der Waals surface area contributed by atoms with Gasteiger partial charge in [0.1, 0.15) is 0 Å². The molecule has 0 unspecified atom stereocenters. The van der Waals surface area contributed by atoms with Gasteiger partial charge in [0.25, 0.3) is 0 Å². The van der Waals surface area contributed by atoms with Gasteiger partial charge in [0.2, 0.25) is 17.4 Å². The summed E-state index contributed by atoms with van der Waals surface area (Å²) in [7, 11) is 0. The molecule has 0 fully saturated rings. The molecule has 0 N–H and O–H groups in total. The van der Waals surface area contributed by atoms with Crippen LogP contribution in [0.2, 0.25) is 0 Å². The average molecular weight is 238 g/mol. The van der Waals surface area contributed by atoms with Gasteiger partial charge in [-0.1, -0.05) is 6.58 Å². The van der Waals surface area contributed by atoms with Crippen molar-refractivity contribution in [2.75, 3.05) is 0 Å². The molecule has 0 saturated heterocycles. The predicted octanol–water partition coefficient (Wildman–Crippen LogP) is 2.72. The molecule has 1 aromatic carbocycles. The van der Waals surface area contributed by atoms with E-state index in [1.807, 2.05) is 0 Å². The lowest BCUT2D eigenvalue weighted by atomic mass is 10.3. The summed E-state index contributed by atoms with van der Waals surface area (Å²) in [6.45, 7) is -0.166. The molecule has 0 aliphatic rings. The van der Waals surface area contributed by atoms with Gasteiger partial charge in [0, 0.05) is 15.7 Å². The third kappa shape index (κ3) is 2.21. The van der Waals surface area contributed by atoms with Crippen LogP contribution >= 0.6 is 0 Å². The summed E-state index contributed by atoms with van der Waals surface area (Å²) in [5, 5.41) is 0. The van der Waals surface area contributed by atoms with Gasteiger partial charge < -0.3 is 4.74 Å². The summed E-state index contributed by atoms with van der Waals surface area (Å²) < 4.78 is 83.8. The third-order valence-corrected chi connectivity index (χ3v) is 1.44. The number of halogens is 4. The number of benzene rings is 1. The zero-order valence-corrected chi connectivity index (χ0v) is 7.54. The van der Waals surface area contributed by atoms with Gasteiger partial charge in [0.15, 0.2) is 11.6 Å². The maximum Gasteiger partial charge on any atom is 0.338 e. The Morgan fingerprint density at radius 1 is 1.38 bits per heavy atom. The normalized spacial score (nSPS) is 14.5. The summed E-state index contributed by atoms with van der Waals surface area (Å²) in [6.07, 6.45) is 0. The summed E-state index contributed by atoms with van der Waals surface area (Å²) in [6, 6.07) is -1.69. The van der Waals surface area contributed by atoms with Crippen molar-refractivity contribution in [1.82, 2.24) is 0 Å². The molecule has 2 nitrogen and oxygen atoms in total. The second-order valence-corrected chi connectivity index (χ2v) is 2.58. The van der Waals surface area contributed by atoms with E-state index in [-0.39, 0.29) is 0 Å². The largest absolute Gasteiger partial charge is 0.417 e. The molecule has 0 bridgehead atoms. The number of hydrogen-bond acceptors (Lipinski definition) is 2. The lowest BCUT2D eigenvalue weighted by Gasteiger charge is -2.07. The fourth-order valence-corrected chi connectivity index (χ4v) is 0.746. The first-order valence-electron chi connectivity index (χ1n) is 5.72. The smallest absolute Gasteiger partial charge is 0.338 e. The summed E-state index contributed by atoms with van der Waals surface area (Å²) in [5.74, 6) is -12.0. The number of hydrogen-bond donors (Lipinski definition) is 0. The molecule has 0 aliphatic heterocycles. The van der Waals surface area contributed by atoms with Crippen LogP contribution in [0, 0.1) is 23.3 Å². The van der Waals surface area contributed by atoms with Crippen LogP contribution in [0.4, 0.5) is 17.6 Å². The number of esters is 1. The Morgan fingerprint density at radius 3 is 2.31 bits per heavy atom. The molecule has 1 aromatic rings. The van der Waals surface area contributed by atoms with Crippen molar-refractivity contribution in [2.24, 2.45) is 0 Å². The Hall–Kier alpha value is -1.85. The molecule has 0 atom stereocenters. The van der Waals surface area contributed by atoms with E-state index in [9.17, 15) is 22.4 Å². The lowest BCUT2D eigenvalue weighted by Crippen LogP contribution is -2.12. The second kappa shape index (κ2) is 4.34.